The molecule has 0 atom stereocenters. The van der Waals surface area contributed by atoms with E-state index in [1.165, 1.54) is 11.1 Å². The second-order valence-electron chi connectivity index (χ2n) is 9.21. The number of fused-ring (bicyclic) bond motifs is 2. The van der Waals surface area contributed by atoms with E-state index in [2.05, 4.69) is 44.1 Å². The van der Waals surface area contributed by atoms with Crippen LogP contribution in [0, 0.1) is 6.92 Å². The molecular weight excluding hydrogens is 406 g/mol. The minimum absolute atomic E-state index is 0.148. The van der Waals surface area contributed by atoms with Gasteiger partial charge in [-0.25, -0.2) is 9.97 Å². The summed E-state index contributed by atoms with van der Waals surface area (Å²) >= 11 is 0. The van der Waals surface area contributed by atoms with Gasteiger partial charge in [-0.1, -0.05) is 17.7 Å². The molecule has 0 bridgehead atoms. The summed E-state index contributed by atoms with van der Waals surface area (Å²) in [5.41, 5.74) is 2.95. The van der Waals surface area contributed by atoms with Crippen molar-refractivity contribution >= 4 is 17.5 Å². The van der Waals surface area contributed by atoms with E-state index in [4.69, 9.17) is 4.74 Å². The first-order valence-electron chi connectivity index (χ1n) is 11.6. The molecule has 3 aliphatic rings. The van der Waals surface area contributed by atoms with Crippen molar-refractivity contribution in [1.82, 2.24) is 14.9 Å². The van der Waals surface area contributed by atoms with Crippen LogP contribution in [0.25, 0.3) is 0 Å². The molecule has 170 valence electrons. The quantitative estimate of drug-likeness (QED) is 0.740. The van der Waals surface area contributed by atoms with Gasteiger partial charge in [-0.05, 0) is 57.3 Å². The minimum atomic E-state index is -0.382. The first-order valence-corrected chi connectivity index (χ1v) is 11.6. The van der Waals surface area contributed by atoms with Crippen molar-refractivity contribution in [2.24, 2.45) is 0 Å². The molecule has 0 aliphatic carbocycles. The summed E-state index contributed by atoms with van der Waals surface area (Å²) in [6.07, 6.45) is 6.41. The van der Waals surface area contributed by atoms with E-state index in [0.717, 1.165) is 64.1 Å². The number of benzene rings is 1. The van der Waals surface area contributed by atoms with Crippen molar-refractivity contribution in [3.05, 3.63) is 41.7 Å². The van der Waals surface area contributed by atoms with Crippen LogP contribution in [0.1, 0.15) is 36.8 Å². The SMILES string of the molecule is Cc1ccc2c(c1)C1(CCN(CCOc3cnc(N4CCC(O)CC4)nc3)CC1)C(=O)N2. The molecule has 8 nitrogen and oxygen atoms in total. The maximum atomic E-state index is 12.8. The molecule has 2 N–H and O–H groups in total. The van der Waals surface area contributed by atoms with Gasteiger partial charge in [-0.2, -0.15) is 0 Å². The lowest BCUT2D eigenvalue weighted by Crippen LogP contribution is -2.47. The van der Waals surface area contributed by atoms with Gasteiger partial charge in [0.15, 0.2) is 5.75 Å². The van der Waals surface area contributed by atoms with Gasteiger partial charge in [0.25, 0.3) is 0 Å². The number of carbonyl (C=O) groups is 1. The van der Waals surface area contributed by atoms with Crippen LogP contribution in [0.3, 0.4) is 0 Å². The normalized spacial score (nSPS) is 20.9. The van der Waals surface area contributed by atoms with E-state index in [1.54, 1.807) is 12.4 Å². The predicted molar refractivity (Wildman–Crippen MR) is 122 cm³/mol. The van der Waals surface area contributed by atoms with Crippen molar-refractivity contribution in [3.63, 3.8) is 0 Å². The molecular formula is C24H31N5O3. The highest BCUT2D eigenvalue weighted by molar-refractivity contribution is 6.06. The van der Waals surface area contributed by atoms with Gasteiger partial charge >= 0.3 is 0 Å². The van der Waals surface area contributed by atoms with Crippen LogP contribution in [0.5, 0.6) is 5.75 Å². The Morgan fingerprint density at radius 2 is 1.88 bits per heavy atom. The Kier molecular flexibility index (Phi) is 5.73. The standard InChI is InChI=1S/C24H31N5O3/c1-17-2-3-21-20(14-17)24(22(31)27-21)6-10-28(11-7-24)12-13-32-19-15-25-23(26-16-19)29-8-4-18(30)5-9-29/h2-3,14-16,18,30H,4-13H2,1H3,(H,27,31). The highest BCUT2D eigenvalue weighted by Gasteiger charge is 2.48. The monoisotopic (exact) mass is 437 g/mol. The second kappa shape index (κ2) is 8.67. The number of likely N-dealkylation sites (tertiary alicyclic amines) is 1. The van der Waals surface area contributed by atoms with Crippen LogP contribution in [0.2, 0.25) is 0 Å². The molecule has 3 aliphatic heterocycles. The summed E-state index contributed by atoms with van der Waals surface area (Å²) in [7, 11) is 0. The fourth-order valence-electron chi connectivity index (χ4n) is 5.09. The van der Waals surface area contributed by atoms with Crippen LogP contribution >= 0.6 is 0 Å². The predicted octanol–water partition coefficient (Wildman–Crippen LogP) is 2.11. The maximum Gasteiger partial charge on any atom is 0.235 e. The third-order valence-electron chi connectivity index (χ3n) is 7.12. The average Bonchev–Trinajstić information content (AvgIpc) is 3.07. The molecule has 1 amide bonds. The van der Waals surface area contributed by atoms with Gasteiger partial charge in [-0.3, -0.25) is 9.69 Å². The molecule has 32 heavy (non-hydrogen) atoms. The number of nitrogens with zero attached hydrogens (tertiary/aromatic N) is 4. The number of aliphatic hydroxyl groups is 1. The molecule has 5 rings (SSSR count). The van der Waals surface area contributed by atoms with Crippen LogP contribution in [-0.2, 0) is 10.2 Å². The van der Waals surface area contributed by atoms with Crippen molar-refractivity contribution < 1.29 is 14.6 Å². The number of rotatable bonds is 5. The molecule has 8 heteroatoms. The molecule has 0 saturated carbocycles. The number of amides is 1. The Morgan fingerprint density at radius 3 is 2.59 bits per heavy atom. The number of ether oxygens (including phenoxy) is 1. The van der Waals surface area contributed by atoms with Gasteiger partial charge in [0, 0.05) is 25.3 Å². The zero-order valence-electron chi connectivity index (χ0n) is 18.6. The van der Waals surface area contributed by atoms with E-state index < -0.39 is 0 Å². The Bertz CT molecular complexity index is 964. The van der Waals surface area contributed by atoms with Gasteiger partial charge in [0.1, 0.15) is 6.61 Å². The molecule has 4 heterocycles. The minimum Gasteiger partial charge on any atom is -0.489 e. The van der Waals surface area contributed by atoms with Gasteiger partial charge in [0.2, 0.25) is 11.9 Å². The molecule has 0 unspecified atom stereocenters. The molecule has 1 aromatic carbocycles. The molecule has 1 aromatic heterocycles. The van der Waals surface area contributed by atoms with Crippen LogP contribution in [0.4, 0.5) is 11.6 Å². The van der Waals surface area contributed by atoms with E-state index in [1.807, 2.05) is 6.07 Å². The summed E-state index contributed by atoms with van der Waals surface area (Å²) < 4.78 is 5.87. The lowest BCUT2D eigenvalue weighted by molar-refractivity contribution is -0.122. The third-order valence-corrected chi connectivity index (χ3v) is 7.12. The third kappa shape index (κ3) is 4.04. The zero-order valence-corrected chi connectivity index (χ0v) is 18.6. The fourth-order valence-corrected chi connectivity index (χ4v) is 5.09. The number of anilines is 2. The molecule has 1 spiro atoms. The van der Waals surface area contributed by atoms with Crippen LogP contribution < -0.4 is 15.0 Å². The van der Waals surface area contributed by atoms with Gasteiger partial charge in [-0.15, -0.1) is 0 Å². The van der Waals surface area contributed by atoms with Crippen LogP contribution in [-0.4, -0.2) is 71.3 Å². The first-order chi connectivity index (χ1) is 15.5. The summed E-state index contributed by atoms with van der Waals surface area (Å²) in [5.74, 6) is 1.50. The second-order valence-corrected chi connectivity index (χ2v) is 9.21. The Morgan fingerprint density at radius 1 is 1.16 bits per heavy atom. The lowest BCUT2D eigenvalue weighted by atomic mass is 9.73. The maximum absolute atomic E-state index is 12.8. The molecule has 2 aromatic rings. The summed E-state index contributed by atoms with van der Waals surface area (Å²) in [4.78, 5) is 26.1. The smallest absolute Gasteiger partial charge is 0.235 e. The van der Waals surface area contributed by atoms with E-state index >= 15 is 0 Å². The van der Waals surface area contributed by atoms with Crippen molar-refractivity contribution in [2.75, 3.05) is 49.5 Å². The first kappa shape index (κ1) is 21.2. The number of piperidine rings is 2. The Hall–Kier alpha value is -2.71. The van der Waals surface area contributed by atoms with Crippen molar-refractivity contribution in [2.45, 2.75) is 44.1 Å². The molecule has 2 fully saturated rings. The highest BCUT2D eigenvalue weighted by atomic mass is 16.5. The van der Waals surface area contributed by atoms with Gasteiger partial charge < -0.3 is 20.1 Å². The fraction of sp³-hybridized carbons (Fsp3) is 0.542. The number of aromatic nitrogens is 2. The van der Waals surface area contributed by atoms with Crippen molar-refractivity contribution in [3.8, 4) is 5.75 Å². The summed E-state index contributed by atoms with van der Waals surface area (Å²) in [6.45, 7) is 6.76. The highest BCUT2D eigenvalue weighted by Crippen LogP contribution is 2.45. The lowest BCUT2D eigenvalue weighted by Gasteiger charge is -2.38. The average molecular weight is 438 g/mol. The molecule has 0 radical (unpaired) electrons. The largest absolute Gasteiger partial charge is 0.489 e. The Balaban J connectivity index is 1.11. The van der Waals surface area contributed by atoms with E-state index in [0.29, 0.717) is 18.3 Å². The Labute approximate surface area is 188 Å². The molecule has 2 saturated heterocycles. The number of carbonyl (C=O) groups excluding carboxylic acids is 1. The topological polar surface area (TPSA) is 90.8 Å². The summed E-state index contributed by atoms with van der Waals surface area (Å²) in [6, 6.07) is 6.25. The number of hydrogen-bond acceptors (Lipinski definition) is 7. The number of hydrogen-bond donors (Lipinski definition) is 2. The van der Waals surface area contributed by atoms with Gasteiger partial charge in [0.05, 0.1) is 23.9 Å². The van der Waals surface area contributed by atoms with Crippen LogP contribution in [0.15, 0.2) is 30.6 Å². The van der Waals surface area contributed by atoms with E-state index in [-0.39, 0.29) is 17.4 Å². The van der Waals surface area contributed by atoms with Crippen molar-refractivity contribution in [1.29, 1.82) is 0 Å². The number of nitrogens with one attached hydrogen (secondary N) is 1. The summed E-state index contributed by atoms with van der Waals surface area (Å²) in [5, 5.41) is 12.7. The number of aliphatic hydroxyl groups excluding tert-OH is 1. The number of aryl methyl sites for hydroxylation is 1. The van der Waals surface area contributed by atoms with E-state index in [9.17, 15) is 9.90 Å². The zero-order chi connectivity index (χ0) is 22.1.